The number of nitrogens with zero attached hydrogens (tertiary/aromatic N) is 4. The molecule has 3 aliphatic rings. The van der Waals surface area contributed by atoms with Crippen LogP contribution in [0.25, 0.3) is 4.85 Å². The molecule has 11 heteroatoms. The van der Waals surface area contributed by atoms with E-state index in [1.165, 1.54) is 16.9 Å². The molecule has 4 amide bonds. The summed E-state index contributed by atoms with van der Waals surface area (Å²) in [5.41, 5.74) is -2.07. The number of fused-ring (bicyclic) bond motifs is 5. The Kier molecular flexibility index (Phi) is 4.27. The molecule has 0 aromatic heterocycles. The van der Waals surface area contributed by atoms with Crippen molar-refractivity contribution in [2.75, 3.05) is 25.2 Å². The molecule has 3 atom stereocenters. The normalized spacial score (nSPS) is 25.6. The number of hydrogen-bond donors (Lipinski definition) is 0. The third-order valence-corrected chi connectivity index (χ3v) is 5.52. The van der Waals surface area contributed by atoms with Gasteiger partial charge in [-0.15, -0.1) is 0 Å². The zero-order valence-corrected chi connectivity index (χ0v) is 15.1. The first-order chi connectivity index (χ1) is 13.7. The fraction of sp³-hybridized carbons (Fsp3) is 0.444. The number of benzene rings is 1. The van der Waals surface area contributed by atoms with Crippen molar-refractivity contribution in [3.8, 4) is 0 Å². The Labute approximate surface area is 163 Å². The summed E-state index contributed by atoms with van der Waals surface area (Å²) in [5.74, 6) is -0.986. The number of rotatable bonds is 3. The van der Waals surface area contributed by atoms with E-state index in [-0.39, 0.29) is 30.8 Å². The lowest BCUT2D eigenvalue weighted by Crippen LogP contribution is -2.55. The second-order valence-corrected chi connectivity index (χ2v) is 7.06. The van der Waals surface area contributed by atoms with Gasteiger partial charge in [-0.2, -0.15) is 13.2 Å². The molecule has 4 rings (SSSR count). The van der Waals surface area contributed by atoms with Gasteiger partial charge in [-0.1, -0.05) is 6.07 Å². The lowest BCUT2D eigenvalue weighted by atomic mass is 10.1. The molecule has 3 saturated heterocycles. The van der Waals surface area contributed by atoms with E-state index >= 15 is 0 Å². The number of hydrogen-bond acceptors (Lipinski definition) is 4. The quantitative estimate of drug-likeness (QED) is 0.567. The molecule has 0 aliphatic carbocycles. The van der Waals surface area contributed by atoms with Crippen molar-refractivity contribution in [1.29, 1.82) is 0 Å². The summed E-state index contributed by atoms with van der Waals surface area (Å²) < 4.78 is 44.7. The summed E-state index contributed by atoms with van der Waals surface area (Å²) in [6.07, 6.45) is -4.36. The third kappa shape index (κ3) is 2.74. The van der Waals surface area contributed by atoms with Gasteiger partial charge in [0, 0.05) is 13.7 Å². The number of alkyl halides is 3. The van der Waals surface area contributed by atoms with Crippen molar-refractivity contribution < 1.29 is 32.3 Å². The van der Waals surface area contributed by atoms with E-state index in [2.05, 4.69) is 4.85 Å². The zero-order valence-electron chi connectivity index (χ0n) is 15.1. The summed E-state index contributed by atoms with van der Waals surface area (Å²) in [4.78, 5) is 44.5. The second-order valence-electron chi connectivity index (χ2n) is 7.06. The monoisotopic (exact) mass is 408 g/mol. The SMILES string of the molecule is [C-]#[N+]c1ccc(N2C(=O)[C@H]3[C@H]4CC(CN4C(=O)COC)N3C2=O)cc1C(F)(F)F. The van der Waals surface area contributed by atoms with Crippen LogP contribution in [0.1, 0.15) is 12.0 Å². The van der Waals surface area contributed by atoms with Crippen LogP contribution in [0.2, 0.25) is 0 Å². The van der Waals surface area contributed by atoms with Crippen molar-refractivity contribution >= 4 is 29.2 Å². The number of likely N-dealkylation sites (tertiary alicyclic amines) is 1. The van der Waals surface area contributed by atoms with Crippen molar-refractivity contribution in [1.82, 2.24) is 9.80 Å². The van der Waals surface area contributed by atoms with Crippen molar-refractivity contribution in [2.24, 2.45) is 0 Å². The van der Waals surface area contributed by atoms with Crippen molar-refractivity contribution in [3.05, 3.63) is 35.2 Å². The Morgan fingerprint density at radius 3 is 2.69 bits per heavy atom. The summed E-state index contributed by atoms with van der Waals surface area (Å²) >= 11 is 0. The minimum absolute atomic E-state index is 0.158. The lowest BCUT2D eigenvalue weighted by molar-refractivity contribution is -0.139. The van der Waals surface area contributed by atoms with Gasteiger partial charge in [-0.05, 0) is 18.6 Å². The number of carbonyl (C=O) groups excluding carboxylic acids is 3. The minimum atomic E-state index is -4.81. The van der Waals surface area contributed by atoms with Gasteiger partial charge in [0.1, 0.15) is 12.6 Å². The molecular formula is C18H15F3N4O4. The number of carbonyl (C=O) groups is 3. The molecule has 1 unspecified atom stereocenters. The average Bonchev–Trinajstić information content (AvgIpc) is 3.32. The Morgan fingerprint density at radius 1 is 1.34 bits per heavy atom. The highest BCUT2D eigenvalue weighted by molar-refractivity contribution is 6.22. The fourth-order valence-corrected chi connectivity index (χ4v) is 4.38. The largest absolute Gasteiger partial charge is 0.407 e. The van der Waals surface area contributed by atoms with Gasteiger partial charge in [0.25, 0.3) is 5.91 Å². The third-order valence-electron chi connectivity index (χ3n) is 5.52. The lowest BCUT2D eigenvalue weighted by Gasteiger charge is -2.34. The number of anilines is 1. The molecule has 3 heterocycles. The molecule has 3 fully saturated rings. The molecule has 3 aliphatic heterocycles. The van der Waals surface area contributed by atoms with Crippen molar-refractivity contribution in [2.45, 2.75) is 30.7 Å². The number of imide groups is 1. The van der Waals surface area contributed by atoms with E-state index in [0.717, 1.165) is 12.1 Å². The Balaban J connectivity index is 1.68. The van der Waals surface area contributed by atoms with Crippen LogP contribution >= 0.6 is 0 Å². The van der Waals surface area contributed by atoms with E-state index < -0.39 is 41.4 Å². The van der Waals surface area contributed by atoms with Crippen LogP contribution in [0.4, 0.5) is 29.3 Å². The van der Waals surface area contributed by atoms with Crippen LogP contribution in [-0.4, -0.2) is 66.0 Å². The number of urea groups is 1. The van der Waals surface area contributed by atoms with Gasteiger partial charge in [0.05, 0.1) is 29.9 Å². The van der Waals surface area contributed by atoms with Gasteiger partial charge in [0.2, 0.25) is 5.91 Å². The topological polar surface area (TPSA) is 74.5 Å². The molecule has 0 N–H and O–H groups in total. The fourth-order valence-electron chi connectivity index (χ4n) is 4.38. The Bertz CT molecular complexity index is 957. The average molecular weight is 408 g/mol. The molecule has 0 saturated carbocycles. The molecule has 0 spiro atoms. The number of amides is 4. The first-order valence-corrected chi connectivity index (χ1v) is 8.72. The van der Waals surface area contributed by atoms with E-state index in [0.29, 0.717) is 17.4 Å². The van der Waals surface area contributed by atoms with Crippen LogP contribution in [0, 0.1) is 6.57 Å². The van der Waals surface area contributed by atoms with Gasteiger partial charge < -0.3 is 14.5 Å². The summed E-state index contributed by atoms with van der Waals surface area (Å²) in [7, 11) is 1.37. The molecule has 2 bridgehead atoms. The molecule has 1 aromatic carbocycles. The molecule has 29 heavy (non-hydrogen) atoms. The van der Waals surface area contributed by atoms with Crippen LogP contribution in [0.15, 0.2) is 18.2 Å². The van der Waals surface area contributed by atoms with Gasteiger partial charge in [0.15, 0.2) is 5.69 Å². The van der Waals surface area contributed by atoms with Crippen molar-refractivity contribution in [3.63, 3.8) is 0 Å². The summed E-state index contributed by atoms with van der Waals surface area (Å²) in [6, 6.07) is 0.174. The van der Waals surface area contributed by atoms with Crippen LogP contribution in [-0.2, 0) is 20.5 Å². The molecular weight excluding hydrogens is 393 g/mol. The highest BCUT2D eigenvalue weighted by Crippen LogP contribution is 2.44. The van der Waals surface area contributed by atoms with Gasteiger partial charge in [-0.3, -0.25) is 9.59 Å². The summed E-state index contributed by atoms with van der Waals surface area (Å²) in [5, 5.41) is 0. The van der Waals surface area contributed by atoms with E-state index in [1.807, 2.05) is 0 Å². The Morgan fingerprint density at radius 2 is 2.07 bits per heavy atom. The molecule has 8 nitrogen and oxygen atoms in total. The van der Waals surface area contributed by atoms with E-state index in [9.17, 15) is 27.6 Å². The molecule has 152 valence electrons. The second kappa shape index (κ2) is 6.45. The standard InChI is InChI=1S/C18H15F3N4O4/c1-22-12-4-3-9(5-11(12)18(19,20)21)25-16(27)15-13-6-10(24(15)17(25)28)7-23(13)14(26)8-29-2/h3-5,10,13,15H,6-8H2,2H3/t10?,13-,15-/m1/s1. The number of piperazine rings is 1. The van der Waals surface area contributed by atoms with Gasteiger partial charge in [-0.25, -0.2) is 14.5 Å². The Hall–Kier alpha value is -3.13. The number of ether oxygens (including phenoxy) is 1. The summed E-state index contributed by atoms with van der Waals surface area (Å²) in [6.45, 7) is 7.00. The number of methoxy groups -OCH3 is 1. The zero-order chi connectivity index (χ0) is 21.1. The maximum Gasteiger partial charge on any atom is 0.407 e. The first-order valence-electron chi connectivity index (χ1n) is 8.72. The highest BCUT2D eigenvalue weighted by Gasteiger charge is 2.62. The maximum absolute atomic E-state index is 13.3. The van der Waals surface area contributed by atoms with E-state index in [1.54, 1.807) is 0 Å². The maximum atomic E-state index is 13.3. The van der Waals surface area contributed by atoms with Crippen LogP contribution in [0.3, 0.4) is 0 Å². The van der Waals surface area contributed by atoms with Crippen LogP contribution < -0.4 is 4.90 Å². The number of halogens is 3. The molecule has 0 radical (unpaired) electrons. The smallest absolute Gasteiger partial charge is 0.375 e. The predicted molar refractivity (Wildman–Crippen MR) is 92.0 cm³/mol. The minimum Gasteiger partial charge on any atom is -0.375 e. The van der Waals surface area contributed by atoms with Gasteiger partial charge >= 0.3 is 12.2 Å². The predicted octanol–water partition coefficient (Wildman–Crippen LogP) is 2.02. The highest BCUT2D eigenvalue weighted by atomic mass is 19.4. The van der Waals surface area contributed by atoms with E-state index in [4.69, 9.17) is 11.3 Å². The van der Waals surface area contributed by atoms with Crippen LogP contribution in [0.5, 0.6) is 0 Å². The molecule has 1 aromatic rings. The first kappa shape index (κ1) is 19.2.